The molecule has 1 aromatic rings. The van der Waals surface area contributed by atoms with Gasteiger partial charge in [0, 0.05) is 6.54 Å². The first-order chi connectivity index (χ1) is 9.66. The second kappa shape index (κ2) is 5.28. The number of furan rings is 1. The molecule has 1 saturated heterocycles. The van der Waals surface area contributed by atoms with E-state index >= 15 is 0 Å². The third-order valence-electron chi connectivity index (χ3n) is 4.02. The van der Waals surface area contributed by atoms with Gasteiger partial charge in [-0.3, -0.25) is 4.79 Å². The summed E-state index contributed by atoms with van der Waals surface area (Å²) in [5, 5.41) is 8.84. The zero-order valence-corrected chi connectivity index (χ0v) is 11.1. The Morgan fingerprint density at radius 2 is 1.95 bits per heavy atom. The number of aromatic carboxylic acids is 1. The topological polar surface area (TPSA) is 80.0 Å². The highest BCUT2D eigenvalue weighted by Gasteiger charge is 2.37. The van der Waals surface area contributed by atoms with Crippen LogP contribution in [0.25, 0.3) is 0 Å². The summed E-state index contributed by atoms with van der Waals surface area (Å²) in [6, 6.07) is 2.83. The highest BCUT2D eigenvalue weighted by molar-refractivity contribution is 5.93. The number of morpholine rings is 1. The van der Waals surface area contributed by atoms with Crippen LogP contribution in [-0.4, -0.2) is 47.2 Å². The van der Waals surface area contributed by atoms with Crippen molar-refractivity contribution in [2.75, 3.05) is 13.2 Å². The maximum absolute atomic E-state index is 12.5. The van der Waals surface area contributed by atoms with Crippen molar-refractivity contribution in [2.24, 2.45) is 0 Å². The van der Waals surface area contributed by atoms with E-state index in [4.69, 9.17) is 14.3 Å². The highest BCUT2D eigenvalue weighted by Crippen LogP contribution is 2.29. The molecule has 20 heavy (non-hydrogen) atoms. The molecule has 1 aliphatic carbocycles. The molecule has 0 spiro atoms. The number of carboxylic acids is 1. The lowest BCUT2D eigenvalue weighted by atomic mass is 9.90. The number of rotatable bonds is 2. The average molecular weight is 279 g/mol. The second-order valence-electron chi connectivity index (χ2n) is 5.23. The first-order valence-corrected chi connectivity index (χ1v) is 6.92. The molecule has 2 heterocycles. The first-order valence-electron chi connectivity index (χ1n) is 6.92. The zero-order valence-electron chi connectivity index (χ0n) is 11.1. The van der Waals surface area contributed by atoms with Gasteiger partial charge in [-0.05, 0) is 25.0 Å². The fourth-order valence-corrected chi connectivity index (χ4v) is 3.06. The van der Waals surface area contributed by atoms with E-state index in [0.29, 0.717) is 13.2 Å². The summed E-state index contributed by atoms with van der Waals surface area (Å²) in [5.41, 5.74) is 0. The summed E-state index contributed by atoms with van der Waals surface area (Å²) in [5.74, 6) is -1.52. The predicted octanol–water partition coefficient (Wildman–Crippen LogP) is 1.76. The molecule has 1 aliphatic heterocycles. The van der Waals surface area contributed by atoms with Crippen LogP contribution in [-0.2, 0) is 4.74 Å². The average Bonchev–Trinajstić information content (AvgIpc) is 2.96. The lowest BCUT2D eigenvalue weighted by Gasteiger charge is -2.43. The molecule has 1 aromatic heterocycles. The van der Waals surface area contributed by atoms with Gasteiger partial charge in [0.05, 0.1) is 18.8 Å². The Morgan fingerprint density at radius 3 is 2.70 bits per heavy atom. The Labute approximate surface area is 116 Å². The van der Waals surface area contributed by atoms with E-state index in [1.807, 2.05) is 0 Å². The molecule has 2 atom stereocenters. The Kier molecular flexibility index (Phi) is 3.48. The van der Waals surface area contributed by atoms with Gasteiger partial charge in [0.1, 0.15) is 0 Å². The molecule has 0 radical (unpaired) electrons. The van der Waals surface area contributed by atoms with E-state index in [9.17, 15) is 9.59 Å². The first kappa shape index (κ1) is 13.2. The Bertz CT molecular complexity index is 521. The molecule has 2 aliphatic rings. The zero-order chi connectivity index (χ0) is 14.1. The van der Waals surface area contributed by atoms with Crippen LogP contribution in [0.15, 0.2) is 16.5 Å². The normalized spacial score (nSPS) is 26.1. The van der Waals surface area contributed by atoms with E-state index in [2.05, 4.69) is 0 Å². The smallest absolute Gasteiger partial charge is 0.371 e. The number of carboxylic acid groups (broad SMARTS) is 1. The maximum Gasteiger partial charge on any atom is 0.371 e. The molecular weight excluding hydrogens is 262 g/mol. The molecule has 6 nitrogen and oxygen atoms in total. The van der Waals surface area contributed by atoms with Gasteiger partial charge in [-0.15, -0.1) is 0 Å². The van der Waals surface area contributed by atoms with Crippen molar-refractivity contribution in [1.82, 2.24) is 4.90 Å². The van der Waals surface area contributed by atoms with E-state index in [-0.39, 0.29) is 29.6 Å². The number of fused-ring (bicyclic) bond motifs is 1. The van der Waals surface area contributed by atoms with Crippen LogP contribution >= 0.6 is 0 Å². The SMILES string of the molecule is O=C(O)c1ccc(C(=O)N2CCOC3CCCCC32)o1. The van der Waals surface area contributed by atoms with Crippen molar-refractivity contribution >= 4 is 11.9 Å². The van der Waals surface area contributed by atoms with Crippen LogP contribution in [0.4, 0.5) is 0 Å². The van der Waals surface area contributed by atoms with Crippen molar-refractivity contribution in [2.45, 2.75) is 37.8 Å². The van der Waals surface area contributed by atoms with Crippen LogP contribution in [0.2, 0.25) is 0 Å². The number of hydrogen-bond acceptors (Lipinski definition) is 4. The van der Waals surface area contributed by atoms with Crippen LogP contribution < -0.4 is 0 Å². The fourth-order valence-electron chi connectivity index (χ4n) is 3.06. The summed E-state index contributed by atoms with van der Waals surface area (Å²) in [7, 11) is 0. The molecular formula is C14H17NO5. The number of amides is 1. The van der Waals surface area contributed by atoms with Crippen LogP contribution in [0, 0.1) is 0 Å². The van der Waals surface area contributed by atoms with Crippen molar-refractivity contribution in [3.8, 4) is 0 Å². The molecule has 108 valence electrons. The highest BCUT2D eigenvalue weighted by atomic mass is 16.5. The number of hydrogen-bond donors (Lipinski definition) is 1. The molecule has 1 amide bonds. The predicted molar refractivity (Wildman–Crippen MR) is 68.7 cm³/mol. The van der Waals surface area contributed by atoms with Crippen molar-refractivity contribution in [3.63, 3.8) is 0 Å². The third kappa shape index (κ3) is 2.31. The van der Waals surface area contributed by atoms with Crippen molar-refractivity contribution in [3.05, 3.63) is 23.7 Å². The molecule has 2 fully saturated rings. The summed E-state index contributed by atoms with van der Waals surface area (Å²) in [4.78, 5) is 25.1. The maximum atomic E-state index is 12.5. The summed E-state index contributed by atoms with van der Waals surface area (Å²) in [6.07, 6.45) is 4.24. The summed E-state index contributed by atoms with van der Waals surface area (Å²) >= 11 is 0. The monoisotopic (exact) mass is 279 g/mol. The number of ether oxygens (including phenoxy) is 1. The molecule has 1 saturated carbocycles. The molecule has 2 unspecified atom stereocenters. The van der Waals surface area contributed by atoms with Gasteiger partial charge < -0.3 is 19.2 Å². The van der Waals surface area contributed by atoms with Gasteiger partial charge in [-0.2, -0.15) is 0 Å². The minimum Gasteiger partial charge on any atom is -0.475 e. The Morgan fingerprint density at radius 1 is 1.20 bits per heavy atom. The molecule has 0 bridgehead atoms. The number of carbonyl (C=O) groups is 2. The minimum absolute atomic E-state index is 0.0865. The van der Waals surface area contributed by atoms with E-state index in [1.54, 1.807) is 4.90 Å². The van der Waals surface area contributed by atoms with Gasteiger partial charge in [-0.1, -0.05) is 12.8 Å². The van der Waals surface area contributed by atoms with Crippen LogP contribution in [0.3, 0.4) is 0 Å². The van der Waals surface area contributed by atoms with Crippen LogP contribution in [0.1, 0.15) is 46.8 Å². The van der Waals surface area contributed by atoms with E-state index in [1.165, 1.54) is 12.1 Å². The van der Waals surface area contributed by atoms with E-state index < -0.39 is 5.97 Å². The Balaban J connectivity index is 1.79. The molecule has 6 heteroatoms. The van der Waals surface area contributed by atoms with Crippen molar-refractivity contribution < 1.29 is 23.8 Å². The number of nitrogens with zero attached hydrogens (tertiary/aromatic N) is 1. The largest absolute Gasteiger partial charge is 0.475 e. The molecule has 3 rings (SSSR count). The summed E-state index contributed by atoms with van der Waals surface area (Å²) < 4.78 is 10.8. The van der Waals surface area contributed by atoms with Gasteiger partial charge in [-0.25, -0.2) is 4.79 Å². The van der Waals surface area contributed by atoms with Gasteiger partial charge in [0.15, 0.2) is 5.76 Å². The van der Waals surface area contributed by atoms with Gasteiger partial charge >= 0.3 is 5.97 Å². The lowest BCUT2D eigenvalue weighted by molar-refractivity contribution is -0.0759. The Hall–Kier alpha value is -1.82. The molecule has 0 aromatic carbocycles. The standard InChI is InChI=1S/C14H17NO5/c16-13(11-5-6-12(20-11)14(17)18)15-7-8-19-10-4-2-1-3-9(10)15/h5-6,9-10H,1-4,7-8H2,(H,17,18). The van der Waals surface area contributed by atoms with Crippen molar-refractivity contribution in [1.29, 1.82) is 0 Å². The van der Waals surface area contributed by atoms with Crippen LogP contribution in [0.5, 0.6) is 0 Å². The lowest BCUT2D eigenvalue weighted by Crippen LogP contribution is -2.54. The fraction of sp³-hybridized carbons (Fsp3) is 0.571. The molecule has 1 N–H and O–H groups in total. The quantitative estimate of drug-likeness (QED) is 0.892. The van der Waals surface area contributed by atoms with E-state index in [0.717, 1.165) is 25.7 Å². The third-order valence-corrected chi connectivity index (χ3v) is 4.02. The minimum atomic E-state index is -1.17. The van der Waals surface area contributed by atoms with Gasteiger partial charge in [0.25, 0.3) is 5.91 Å². The van der Waals surface area contributed by atoms with Gasteiger partial charge in [0.2, 0.25) is 5.76 Å². The summed E-state index contributed by atoms with van der Waals surface area (Å²) in [6.45, 7) is 1.06. The second-order valence-corrected chi connectivity index (χ2v) is 5.23. The number of carbonyl (C=O) groups excluding carboxylic acids is 1.